The summed E-state index contributed by atoms with van der Waals surface area (Å²) in [6.07, 6.45) is 0.379. The maximum absolute atomic E-state index is 9.40. The van der Waals surface area contributed by atoms with E-state index in [-0.39, 0.29) is 6.10 Å². The summed E-state index contributed by atoms with van der Waals surface area (Å²) >= 11 is 0. The number of benzene rings is 1. The van der Waals surface area contributed by atoms with E-state index in [1.807, 2.05) is 6.92 Å². The second kappa shape index (κ2) is 4.49. The summed E-state index contributed by atoms with van der Waals surface area (Å²) in [5, 5.41) is 9.40. The van der Waals surface area contributed by atoms with Gasteiger partial charge in [-0.1, -0.05) is 19.9 Å². The average Bonchev–Trinajstić information content (AvgIpc) is 2.55. The standard InChI is InChI=1S/C14H20N2O/c1-9(2)14-15-12-8-11(7-10(3)17)5-6-13(12)16(14)4/h5-6,8-10,17H,7H2,1-4H3. The van der Waals surface area contributed by atoms with Crippen LogP contribution in [0.5, 0.6) is 0 Å². The summed E-state index contributed by atoms with van der Waals surface area (Å²) < 4.78 is 2.14. The zero-order chi connectivity index (χ0) is 12.6. The lowest BCUT2D eigenvalue weighted by Gasteiger charge is -2.05. The first-order valence-corrected chi connectivity index (χ1v) is 6.12. The van der Waals surface area contributed by atoms with Gasteiger partial charge in [0.2, 0.25) is 0 Å². The van der Waals surface area contributed by atoms with Crippen LogP contribution in [0.15, 0.2) is 18.2 Å². The zero-order valence-electron chi connectivity index (χ0n) is 10.9. The number of aliphatic hydroxyl groups is 1. The van der Waals surface area contributed by atoms with Crippen LogP contribution in [0.25, 0.3) is 11.0 Å². The van der Waals surface area contributed by atoms with Gasteiger partial charge in [-0.25, -0.2) is 4.98 Å². The first-order chi connectivity index (χ1) is 7.99. The number of rotatable bonds is 3. The molecule has 0 radical (unpaired) electrons. The summed E-state index contributed by atoms with van der Waals surface area (Å²) in [6.45, 7) is 6.11. The minimum absolute atomic E-state index is 0.305. The molecule has 0 amide bonds. The minimum Gasteiger partial charge on any atom is -0.393 e. The molecular weight excluding hydrogens is 212 g/mol. The molecule has 0 aliphatic carbocycles. The predicted octanol–water partition coefficient (Wildman–Crippen LogP) is 2.62. The fourth-order valence-electron chi connectivity index (χ4n) is 2.25. The monoisotopic (exact) mass is 232 g/mol. The first-order valence-electron chi connectivity index (χ1n) is 6.12. The molecule has 2 aromatic rings. The molecule has 1 aromatic heterocycles. The Hall–Kier alpha value is -1.35. The number of aryl methyl sites for hydroxylation is 1. The molecule has 17 heavy (non-hydrogen) atoms. The highest BCUT2D eigenvalue weighted by atomic mass is 16.3. The van der Waals surface area contributed by atoms with E-state index in [9.17, 15) is 5.11 Å². The van der Waals surface area contributed by atoms with Gasteiger partial charge in [-0.05, 0) is 31.0 Å². The highest BCUT2D eigenvalue weighted by Crippen LogP contribution is 2.21. The van der Waals surface area contributed by atoms with Crippen LogP contribution in [0, 0.1) is 0 Å². The number of fused-ring (bicyclic) bond motifs is 1. The fraction of sp³-hybridized carbons (Fsp3) is 0.500. The van der Waals surface area contributed by atoms with Crippen LogP contribution in [0.3, 0.4) is 0 Å². The molecule has 0 aliphatic rings. The molecule has 92 valence electrons. The Balaban J connectivity index is 2.48. The van der Waals surface area contributed by atoms with Crippen molar-refractivity contribution < 1.29 is 5.11 Å². The van der Waals surface area contributed by atoms with E-state index in [0.717, 1.165) is 22.4 Å². The van der Waals surface area contributed by atoms with Crippen molar-refractivity contribution in [1.82, 2.24) is 9.55 Å². The van der Waals surface area contributed by atoms with Crippen LogP contribution in [0.4, 0.5) is 0 Å². The van der Waals surface area contributed by atoms with Gasteiger partial charge in [0.05, 0.1) is 17.1 Å². The minimum atomic E-state index is -0.305. The molecule has 0 saturated carbocycles. The maximum atomic E-state index is 9.40. The van der Waals surface area contributed by atoms with Crippen molar-refractivity contribution in [3.8, 4) is 0 Å². The molecule has 0 saturated heterocycles. The van der Waals surface area contributed by atoms with Crippen molar-refractivity contribution in [3.05, 3.63) is 29.6 Å². The number of aromatic nitrogens is 2. The van der Waals surface area contributed by atoms with Crippen molar-refractivity contribution in [2.24, 2.45) is 7.05 Å². The number of imidazole rings is 1. The van der Waals surface area contributed by atoms with Gasteiger partial charge in [0.1, 0.15) is 5.82 Å². The summed E-state index contributed by atoms with van der Waals surface area (Å²) in [5.74, 6) is 1.53. The largest absolute Gasteiger partial charge is 0.393 e. The molecular formula is C14H20N2O. The van der Waals surface area contributed by atoms with Crippen LogP contribution in [0.2, 0.25) is 0 Å². The molecule has 1 atom stereocenters. The highest BCUT2D eigenvalue weighted by molar-refractivity contribution is 5.77. The van der Waals surface area contributed by atoms with Crippen molar-refractivity contribution in [2.45, 2.75) is 39.2 Å². The van der Waals surface area contributed by atoms with Gasteiger partial charge in [0.25, 0.3) is 0 Å². The smallest absolute Gasteiger partial charge is 0.112 e. The zero-order valence-corrected chi connectivity index (χ0v) is 10.9. The van der Waals surface area contributed by atoms with Crippen molar-refractivity contribution in [1.29, 1.82) is 0 Å². The Morgan fingerprint density at radius 1 is 1.29 bits per heavy atom. The number of nitrogens with zero attached hydrogens (tertiary/aromatic N) is 2. The molecule has 0 aliphatic heterocycles. The number of hydrogen-bond donors (Lipinski definition) is 1. The van der Waals surface area contributed by atoms with Gasteiger partial charge in [-0.15, -0.1) is 0 Å². The first kappa shape index (κ1) is 12.1. The van der Waals surface area contributed by atoms with Crippen LogP contribution in [0.1, 0.15) is 38.1 Å². The third-order valence-electron chi connectivity index (χ3n) is 3.03. The molecule has 0 bridgehead atoms. The molecule has 1 unspecified atom stereocenters. The molecule has 1 aromatic carbocycles. The van der Waals surface area contributed by atoms with Gasteiger partial charge < -0.3 is 9.67 Å². The summed E-state index contributed by atoms with van der Waals surface area (Å²) in [5.41, 5.74) is 3.32. The molecule has 2 rings (SSSR count). The fourth-order valence-corrected chi connectivity index (χ4v) is 2.25. The molecule has 0 spiro atoms. The third-order valence-corrected chi connectivity index (χ3v) is 3.03. The lowest BCUT2D eigenvalue weighted by molar-refractivity contribution is 0.195. The molecule has 3 nitrogen and oxygen atoms in total. The molecule has 3 heteroatoms. The quantitative estimate of drug-likeness (QED) is 0.883. The number of hydrogen-bond acceptors (Lipinski definition) is 2. The Labute approximate surface area is 102 Å². The summed E-state index contributed by atoms with van der Waals surface area (Å²) in [4.78, 5) is 4.66. The normalized spacial score (nSPS) is 13.5. The molecule has 1 N–H and O–H groups in total. The van der Waals surface area contributed by atoms with Gasteiger partial charge in [0, 0.05) is 13.0 Å². The average molecular weight is 232 g/mol. The van der Waals surface area contributed by atoms with E-state index in [1.54, 1.807) is 0 Å². The van der Waals surface area contributed by atoms with Gasteiger partial charge in [-0.2, -0.15) is 0 Å². The SMILES string of the molecule is CC(O)Cc1ccc2c(c1)nc(C(C)C)n2C. The van der Waals surface area contributed by atoms with Crippen molar-refractivity contribution in [2.75, 3.05) is 0 Å². The second-order valence-corrected chi connectivity index (χ2v) is 5.06. The van der Waals surface area contributed by atoms with E-state index in [1.165, 1.54) is 0 Å². The maximum Gasteiger partial charge on any atom is 0.112 e. The summed E-state index contributed by atoms with van der Waals surface area (Å²) in [7, 11) is 2.05. The Kier molecular flexibility index (Phi) is 3.20. The van der Waals surface area contributed by atoms with Crippen LogP contribution >= 0.6 is 0 Å². The van der Waals surface area contributed by atoms with E-state index >= 15 is 0 Å². The summed E-state index contributed by atoms with van der Waals surface area (Å²) in [6, 6.07) is 6.24. The third kappa shape index (κ3) is 2.34. The van der Waals surface area contributed by atoms with Crippen LogP contribution < -0.4 is 0 Å². The Bertz CT molecular complexity index is 526. The van der Waals surface area contributed by atoms with Crippen molar-refractivity contribution >= 4 is 11.0 Å². The van der Waals surface area contributed by atoms with E-state index in [4.69, 9.17) is 0 Å². The molecule has 0 fully saturated rings. The topological polar surface area (TPSA) is 38.1 Å². The van der Waals surface area contributed by atoms with Crippen LogP contribution in [-0.4, -0.2) is 20.8 Å². The van der Waals surface area contributed by atoms with E-state index in [2.05, 4.69) is 48.6 Å². The number of aliphatic hydroxyl groups excluding tert-OH is 1. The van der Waals surface area contributed by atoms with Gasteiger partial charge in [-0.3, -0.25) is 0 Å². The van der Waals surface area contributed by atoms with Gasteiger partial charge >= 0.3 is 0 Å². The lowest BCUT2D eigenvalue weighted by Crippen LogP contribution is -2.03. The predicted molar refractivity (Wildman–Crippen MR) is 70.2 cm³/mol. The Morgan fingerprint density at radius 3 is 2.59 bits per heavy atom. The Morgan fingerprint density at radius 2 is 2.00 bits per heavy atom. The van der Waals surface area contributed by atoms with Gasteiger partial charge in [0.15, 0.2) is 0 Å². The molecule has 1 heterocycles. The van der Waals surface area contributed by atoms with E-state index < -0.39 is 0 Å². The second-order valence-electron chi connectivity index (χ2n) is 5.06. The van der Waals surface area contributed by atoms with E-state index in [0.29, 0.717) is 12.3 Å². The van der Waals surface area contributed by atoms with Crippen molar-refractivity contribution in [3.63, 3.8) is 0 Å². The lowest BCUT2D eigenvalue weighted by atomic mass is 10.1. The highest BCUT2D eigenvalue weighted by Gasteiger charge is 2.11. The van der Waals surface area contributed by atoms with Crippen LogP contribution in [-0.2, 0) is 13.5 Å².